The number of rotatable bonds is 4. The van der Waals surface area contributed by atoms with E-state index in [0.29, 0.717) is 6.54 Å². The summed E-state index contributed by atoms with van der Waals surface area (Å²) in [5.74, 6) is -0.111. The Morgan fingerprint density at radius 3 is 2.65 bits per heavy atom. The maximum absolute atomic E-state index is 12.2. The zero-order valence-corrected chi connectivity index (χ0v) is 14.6. The van der Waals surface area contributed by atoms with E-state index in [-0.39, 0.29) is 18.1 Å². The van der Waals surface area contributed by atoms with Crippen LogP contribution in [0.4, 0.5) is 0 Å². The maximum atomic E-state index is 12.2. The SMILES string of the molecule is Cn1c(=O)n(C)c2cc(CNC(=O)Cn3cc4ccccc4n3)ccc21. The normalized spacial score (nSPS) is 11.3. The lowest BCUT2D eigenvalue weighted by atomic mass is 10.2. The van der Waals surface area contributed by atoms with Gasteiger partial charge in [-0.25, -0.2) is 4.79 Å². The summed E-state index contributed by atoms with van der Waals surface area (Å²) >= 11 is 0. The fraction of sp³-hybridized carbons (Fsp3) is 0.211. The first kappa shape index (κ1) is 16.1. The lowest BCUT2D eigenvalue weighted by molar-refractivity contribution is -0.122. The van der Waals surface area contributed by atoms with Crippen molar-refractivity contribution in [1.82, 2.24) is 24.2 Å². The number of aryl methyl sites for hydroxylation is 2. The highest BCUT2D eigenvalue weighted by Crippen LogP contribution is 2.14. The summed E-state index contributed by atoms with van der Waals surface area (Å²) in [6, 6.07) is 13.5. The number of aromatic nitrogens is 4. The molecule has 4 aromatic rings. The minimum atomic E-state index is -0.111. The molecule has 0 aliphatic carbocycles. The van der Waals surface area contributed by atoms with Crippen LogP contribution in [0.2, 0.25) is 0 Å². The van der Waals surface area contributed by atoms with Crippen molar-refractivity contribution in [2.75, 3.05) is 0 Å². The second-order valence-corrected chi connectivity index (χ2v) is 6.39. The predicted molar refractivity (Wildman–Crippen MR) is 99.7 cm³/mol. The third kappa shape index (κ3) is 2.77. The summed E-state index contributed by atoms with van der Waals surface area (Å²) in [7, 11) is 3.50. The van der Waals surface area contributed by atoms with Crippen molar-refractivity contribution >= 4 is 27.8 Å². The Balaban J connectivity index is 1.46. The van der Waals surface area contributed by atoms with E-state index in [4.69, 9.17) is 0 Å². The molecule has 0 spiro atoms. The molecule has 2 heterocycles. The van der Waals surface area contributed by atoms with E-state index in [9.17, 15) is 9.59 Å². The minimum absolute atomic E-state index is 0.0630. The van der Waals surface area contributed by atoms with E-state index in [0.717, 1.165) is 27.5 Å². The Hall–Kier alpha value is -3.35. The average Bonchev–Trinajstić information content (AvgIpc) is 3.14. The van der Waals surface area contributed by atoms with Crippen molar-refractivity contribution < 1.29 is 4.79 Å². The van der Waals surface area contributed by atoms with Crippen LogP contribution in [0.3, 0.4) is 0 Å². The molecule has 132 valence electrons. The van der Waals surface area contributed by atoms with Gasteiger partial charge in [0.1, 0.15) is 6.54 Å². The second kappa shape index (κ2) is 6.18. The number of hydrogen-bond acceptors (Lipinski definition) is 3. The summed E-state index contributed by atoms with van der Waals surface area (Å²) in [5, 5.41) is 8.30. The number of carbonyl (C=O) groups excluding carboxylic acids is 1. The van der Waals surface area contributed by atoms with Gasteiger partial charge in [0, 0.05) is 32.2 Å². The second-order valence-electron chi connectivity index (χ2n) is 6.39. The highest BCUT2D eigenvalue weighted by molar-refractivity contribution is 5.80. The molecule has 0 aliphatic heterocycles. The highest BCUT2D eigenvalue weighted by atomic mass is 16.2. The largest absolute Gasteiger partial charge is 0.350 e. The summed E-state index contributed by atoms with van der Waals surface area (Å²) in [5.41, 5.74) is 3.47. The van der Waals surface area contributed by atoms with Crippen LogP contribution < -0.4 is 11.0 Å². The molecule has 0 bridgehead atoms. The molecule has 4 rings (SSSR count). The Morgan fingerprint density at radius 2 is 1.85 bits per heavy atom. The van der Waals surface area contributed by atoms with Gasteiger partial charge < -0.3 is 5.32 Å². The highest BCUT2D eigenvalue weighted by Gasteiger charge is 2.09. The van der Waals surface area contributed by atoms with Gasteiger partial charge in [-0.15, -0.1) is 0 Å². The average molecular weight is 349 g/mol. The number of fused-ring (bicyclic) bond motifs is 2. The summed E-state index contributed by atoms with van der Waals surface area (Å²) < 4.78 is 4.86. The first-order valence-corrected chi connectivity index (χ1v) is 8.36. The molecule has 0 fully saturated rings. The molecule has 2 aromatic heterocycles. The molecule has 0 atom stereocenters. The lowest BCUT2D eigenvalue weighted by Crippen LogP contribution is -2.27. The number of amides is 1. The van der Waals surface area contributed by atoms with Crippen molar-refractivity contribution in [3.63, 3.8) is 0 Å². The molecule has 0 radical (unpaired) electrons. The van der Waals surface area contributed by atoms with Crippen molar-refractivity contribution in [2.24, 2.45) is 14.1 Å². The monoisotopic (exact) mass is 349 g/mol. The molecule has 7 nitrogen and oxygen atoms in total. The van der Waals surface area contributed by atoms with Gasteiger partial charge in [0.25, 0.3) is 0 Å². The quantitative estimate of drug-likeness (QED) is 0.607. The van der Waals surface area contributed by atoms with Crippen molar-refractivity contribution in [2.45, 2.75) is 13.1 Å². The van der Waals surface area contributed by atoms with E-state index in [1.807, 2.05) is 48.7 Å². The fourth-order valence-corrected chi connectivity index (χ4v) is 3.16. The Kier molecular flexibility index (Phi) is 3.84. The smallest absolute Gasteiger partial charge is 0.328 e. The number of nitrogens with one attached hydrogen (secondary N) is 1. The van der Waals surface area contributed by atoms with Crippen LogP contribution in [-0.2, 0) is 32.0 Å². The van der Waals surface area contributed by atoms with Crippen molar-refractivity contribution in [3.05, 3.63) is 64.7 Å². The number of imidazole rings is 1. The van der Waals surface area contributed by atoms with Gasteiger partial charge in [-0.05, 0) is 23.8 Å². The number of hydrogen-bond donors (Lipinski definition) is 1. The number of benzene rings is 2. The van der Waals surface area contributed by atoms with E-state index >= 15 is 0 Å². The van der Waals surface area contributed by atoms with Gasteiger partial charge in [-0.2, -0.15) is 5.10 Å². The van der Waals surface area contributed by atoms with Gasteiger partial charge in [-0.1, -0.05) is 24.3 Å². The number of carbonyl (C=O) groups is 1. The molecule has 1 N–H and O–H groups in total. The first-order valence-electron chi connectivity index (χ1n) is 8.36. The van der Waals surface area contributed by atoms with E-state index in [1.54, 1.807) is 27.9 Å². The number of nitrogens with zero attached hydrogens (tertiary/aromatic N) is 4. The Bertz CT molecular complexity index is 1150. The molecule has 2 aromatic carbocycles. The van der Waals surface area contributed by atoms with Gasteiger partial charge in [0.15, 0.2) is 0 Å². The molecular formula is C19H19N5O2. The lowest BCUT2D eigenvalue weighted by Gasteiger charge is -2.06. The third-order valence-corrected chi connectivity index (χ3v) is 4.59. The molecule has 1 amide bonds. The summed E-state index contributed by atoms with van der Waals surface area (Å²) in [6.45, 7) is 0.569. The van der Waals surface area contributed by atoms with Crippen LogP contribution in [-0.4, -0.2) is 24.8 Å². The Labute approximate surface area is 149 Å². The molecule has 26 heavy (non-hydrogen) atoms. The van der Waals surface area contributed by atoms with Crippen LogP contribution in [0.5, 0.6) is 0 Å². The maximum Gasteiger partial charge on any atom is 0.328 e. The molecule has 0 saturated heterocycles. The third-order valence-electron chi connectivity index (χ3n) is 4.59. The van der Waals surface area contributed by atoms with E-state index in [2.05, 4.69) is 10.4 Å². The molecular weight excluding hydrogens is 330 g/mol. The predicted octanol–water partition coefficient (Wildman–Crippen LogP) is 1.54. The van der Waals surface area contributed by atoms with Crippen LogP contribution in [0.25, 0.3) is 21.9 Å². The first-order chi connectivity index (χ1) is 12.5. The van der Waals surface area contributed by atoms with E-state index < -0.39 is 0 Å². The van der Waals surface area contributed by atoms with Crippen LogP contribution in [0, 0.1) is 0 Å². The standard InChI is InChI=1S/C19H19N5O2/c1-22-16-8-7-13(9-17(16)23(2)19(22)26)10-20-18(25)12-24-11-14-5-3-4-6-15(14)21-24/h3-9,11H,10,12H2,1-2H3,(H,20,25). The zero-order chi connectivity index (χ0) is 18.3. The molecule has 0 saturated carbocycles. The summed E-state index contributed by atoms with van der Waals surface area (Å²) in [4.78, 5) is 24.2. The molecule has 0 aliphatic rings. The summed E-state index contributed by atoms with van der Waals surface area (Å²) in [6.07, 6.45) is 1.86. The fourth-order valence-electron chi connectivity index (χ4n) is 3.16. The van der Waals surface area contributed by atoms with Gasteiger partial charge >= 0.3 is 5.69 Å². The zero-order valence-electron chi connectivity index (χ0n) is 14.6. The molecule has 7 heteroatoms. The van der Waals surface area contributed by atoms with Crippen molar-refractivity contribution in [3.8, 4) is 0 Å². The van der Waals surface area contributed by atoms with Gasteiger partial charge in [0.05, 0.1) is 16.6 Å². The Morgan fingerprint density at radius 1 is 1.08 bits per heavy atom. The molecule has 0 unspecified atom stereocenters. The van der Waals surface area contributed by atoms with E-state index in [1.165, 1.54) is 0 Å². The van der Waals surface area contributed by atoms with Crippen LogP contribution in [0.1, 0.15) is 5.56 Å². The minimum Gasteiger partial charge on any atom is -0.350 e. The topological polar surface area (TPSA) is 73.8 Å². The van der Waals surface area contributed by atoms with Gasteiger partial charge in [0.2, 0.25) is 5.91 Å². The van der Waals surface area contributed by atoms with Crippen molar-refractivity contribution in [1.29, 1.82) is 0 Å². The van der Waals surface area contributed by atoms with Crippen LogP contribution in [0.15, 0.2) is 53.5 Å². The van der Waals surface area contributed by atoms with Crippen LogP contribution >= 0.6 is 0 Å². The van der Waals surface area contributed by atoms with Gasteiger partial charge in [-0.3, -0.25) is 18.6 Å².